The van der Waals surface area contributed by atoms with Gasteiger partial charge in [0.15, 0.2) is 17.7 Å². The number of aliphatic hydroxyl groups excluding tert-OH is 1. The highest BCUT2D eigenvalue weighted by atomic mass is 16.7. The molecule has 5 rings (SSSR count). The third kappa shape index (κ3) is 9.51. The number of Topliss-reactive ketones (excluding diaryl/α,β-unsaturated/α-hetero) is 1. The molecule has 16 heteroatoms. The fourth-order valence-electron chi connectivity index (χ4n) is 8.84. The SMILES string of the molecule is CC[C@H]1OC(=O)[C@H](C)C(=O)[C@H](C)[C@@H](O[C@@H]2O[C@H](C)CC(N(C)C)C2O)[C@](C)(OC)C[C@@H](C)CN[C@H](C)[C@H]2N(C#CCn3cc(-c4cccc(N)c4)nn3)C(=O)O[C@]12C. The van der Waals surface area contributed by atoms with Gasteiger partial charge in [0, 0.05) is 42.4 Å². The standard InChI is InChI=1S/C42H63N7O9/c1-12-33-42(8)36(49(40(53)58-42)18-14-17-48-23-31(45-46-48)29-15-13-16-30(43)20-29)28(6)44-22-24(2)21-41(7,54-11)37(26(4)34(50)27(5)38(52)56-33)57-39-35(51)32(47(9)10)19-25(3)55-39/h13,15-16,20,23-28,32-33,35-37,39,44,51H,12,17,19,21-22,43H2,1-11H3/t24-,25-,26+,27-,28-,32?,33-,35?,36-,37-,39+,41-,42-/m1/s1. The van der Waals surface area contributed by atoms with Crippen molar-refractivity contribution in [2.45, 2.75) is 141 Å². The van der Waals surface area contributed by atoms with Gasteiger partial charge in [-0.1, -0.05) is 44.0 Å². The van der Waals surface area contributed by atoms with E-state index in [1.165, 1.54) is 11.8 Å². The zero-order valence-corrected chi connectivity index (χ0v) is 35.8. The molecule has 4 heterocycles. The van der Waals surface area contributed by atoms with Crippen LogP contribution in [-0.2, 0) is 39.8 Å². The van der Waals surface area contributed by atoms with Gasteiger partial charge in [-0.2, -0.15) is 0 Å². The van der Waals surface area contributed by atoms with Gasteiger partial charge in [-0.15, -0.1) is 5.10 Å². The van der Waals surface area contributed by atoms with Crippen molar-refractivity contribution in [3.05, 3.63) is 30.5 Å². The summed E-state index contributed by atoms with van der Waals surface area (Å²) >= 11 is 0. The maximum atomic E-state index is 14.4. The summed E-state index contributed by atoms with van der Waals surface area (Å²) in [7, 11) is 5.35. The third-order valence-corrected chi connectivity index (χ3v) is 12.1. The second-order valence-electron chi connectivity index (χ2n) is 17.0. The third-order valence-electron chi connectivity index (χ3n) is 12.1. The summed E-state index contributed by atoms with van der Waals surface area (Å²) in [5.74, 6) is -0.291. The lowest BCUT2D eigenvalue weighted by molar-refractivity contribution is -0.295. The fraction of sp³-hybridized carbons (Fsp3) is 0.690. The Bertz CT molecular complexity index is 1830. The van der Waals surface area contributed by atoms with Crippen molar-refractivity contribution in [1.29, 1.82) is 0 Å². The quantitative estimate of drug-likeness (QED) is 0.159. The number of carbonyl (C=O) groups is 3. The molecule has 0 radical (unpaired) electrons. The van der Waals surface area contributed by atoms with Crippen LogP contribution in [0.25, 0.3) is 11.3 Å². The molecule has 4 N–H and O–H groups in total. The summed E-state index contributed by atoms with van der Waals surface area (Å²) < 4.78 is 32.8. The van der Waals surface area contributed by atoms with Gasteiger partial charge in [-0.05, 0) is 92.6 Å². The number of fused-ring (bicyclic) bond motifs is 1. The number of aromatic nitrogens is 3. The van der Waals surface area contributed by atoms with Crippen molar-refractivity contribution in [3.8, 4) is 23.2 Å². The maximum absolute atomic E-state index is 14.4. The zero-order chi connectivity index (χ0) is 42.7. The highest BCUT2D eigenvalue weighted by Crippen LogP contribution is 2.40. The molecule has 320 valence electrons. The number of amides is 1. The predicted octanol–water partition coefficient (Wildman–Crippen LogP) is 3.47. The van der Waals surface area contributed by atoms with Gasteiger partial charge < -0.3 is 44.7 Å². The van der Waals surface area contributed by atoms with Crippen LogP contribution in [-0.4, -0.2) is 136 Å². The first-order chi connectivity index (χ1) is 27.3. The molecule has 58 heavy (non-hydrogen) atoms. The Labute approximate surface area is 342 Å². The van der Waals surface area contributed by atoms with E-state index in [4.69, 9.17) is 29.4 Å². The van der Waals surface area contributed by atoms with E-state index in [1.54, 1.807) is 44.0 Å². The van der Waals surface area contributed by atoms with Crippen molar-refractivity contribution in [1.82, 2.24) is 30.1 Å². The van der Waals surface area contributed by atoms with E-state index in [2.05, 4.69) is 34.5 Å². The van der Waals surface area contributed by atoms with Crippen LogP contribution in [0.5, 0.6) is 0 Å². The van der Waals surface area contributed by atoms with Gasteiger partial charge in [-0.25, -0.2) is 14.4 Å². The molecule has 0 bridgehead atoms. The Kier molecular flexibility index (Phi) is 14.3. The fourth-order valence-corrected chi connectivity index (χ4v) is 8.84. The van der Waals surface area contributed by atoms with Gasteiger partial charge >= 0.3 is 12.1 Å². The molecule has 0 spiro atoms. The molecule has 2 unspecified atom stereocenters. The highest BCUT2D eigenvalue weighted by molar-refractivity contribution is 6.00. The Balaban J connectivity index is 1.45. The molecule has 3 aliphatic rings. The van der Waals surface area contributed by atoms with Crippen molar-refractivity contribution in [2.24, 2.45) is 17.8 Å². The largest absolute Gasteiger partial charge is 0.457 e. The Morgan fingerprint density at radius 2 is 1.86 bits per heavy atom. The zero-order valence-electron chi connectivity index (χ0n) is 35.8. The Morgan fingerprint density at radius 3 is 2.52 bits per heavy atom. The molecule has 1 amide bonds. The van der Waals surface area contributed by atoms with Crippen LogP contribution in [0.3, 0.4) is 0 Å². The van der Waals surface area contributed by atoms with Crippen molar-refractivity contribution in [2.75, 3.05) is 33.5 Å². The lowest BCUT2D eigenvalue weighted by Gasteiger charge is -2.46. The number of hydrogen-bond donors (Lipinski definition) is 3. The number of rotatable bonds is 7. The van der Waals surface area contributed by atoms with E-state index in [0.717, 1.165) is 5.56 Å². The van der Waals surface area contributed by atoms with Crippen molar-refractivity contribution in [3.63, 3.8) is 0 Å². The molecule has 16 nitrogen and oxygen atoms in total. The summed E-state index contributed by atoms with van der Waals surface area (Å²) in [5.41, 5.74) is 5.57. The van der Waals surface area contributed by atoms with Gasteiger partial charge in [0.2, 0.25) is 0 Å². The van der Waals surface area contributed by atoms with Crippen molar-refractivity contribution >= 4 is 23.5 Å². The van der Waals surface area contributed by atoms with Crippen LogP contribution in [0.15, 0.2) is 30.5 Å². The molecule has 1 aromatic heterocycles. The van der Waals surface area contributed by atoms with Crippen molar-refractivity contribution < 1.29 is 43.2 Å². The number of benzene rings is 1. The summed E-state index contributed by atoms with van der Waals surface area (Å²) in [6.07, 6.45) is -1.75. The second kappa shape index (κ2) is 18.4. The first-order valence-corrected chi connectivity index (χ1v) is 20.3. The predicted molar refractivity (Wildman–Crippen MR) is 216 cm³/mol. The smallest absolute Gasteiger partial charge is 0.422 e. The van der Waals surface area contributed by atoms with Gasteiger partial charge in [0.25, 0.3) is 0 Å². The van der Waals surface area contributed by atoms with Gasteiger partial charge in [0.05, 0.1) is 24.0 Å². The van der Waals surface area contributed by atoms with Crippen LogP contribution in [0.2, 0.25) is 0 Å². The molecule has 0 aliphatic carbocycles. The number of methoxy groups -OCH3 is 1. The van der Waals surface area contributed by atoms with E-state index in [9.17, 15) is 19.5 Å². The van der Waals surface area contributed by atoms with E-state index in [0.29, 0.717) is 30.8 Å². The van der Waals surface area contributed by atoms with Crippen LogP contribution in [0.1, 0.15) is 74.7 Å². The minimum Gasteiger partial charge on any atom is -0.457 e. The number of nitrogens with two attached hydrogens (primary N) is 1. The normalized spacial score (nSPS) is 36.6. The molecule has 3 fully saturated rings. The van der Waals surface area contributed by atoms with E-state index in [1.807, 2.05) is 58.8 Å². The molecule has 2 aromatic rings. The Morgan fingerprint density at radius 1 is 1.14 bits per heavy atom. The van der Waals surface area contributed by atoms with Crippen LogP contribution in [0.4, 0.5) is 10.5 Å². The molecular formula is C42H63N7O9. The van der Waals surface area contributed by atoms with Crippen LogP contribution >= 0.6 is 0 Å². The first-order valence-electron chi connectivity index (χ1n) is 20.3. The molecule has 1 aromatic carbocycles. The number of ketones is 1. The van der Waals surface area contributed by atoms with Gasteiger partial charge in [-0.3, -0.25) is 9.59 Å². The molecule has 0 saturated carbocycles. The molecule has 3 saturated heterocycles. The number of nitrogens with one attached hydrogen (secondary N) is 1. The topological polar surface area (TPSA) is 193 Å². The van der Waals surface area contributed by atoms with Crippen LogP contribution < -0.4 is 11.1 Å². The summed E-state index contributed by atoms with van der Waals surface area (Å²) in [4.78, 5) is 45.3. The first kappa shape index (κ1) is 45.0. The number of nitrogens with zero attached hydrogens (tertiary/aromatic N) is 5. The average Bonchev–Trinajstić information content (AvgIpc) is 3.76. The monoisotopic (exact) mass is 809 g/mol. The lowest BCUT2D eigenvalue weighted by Crippen LogP contribution is -2.60. The Hall–Kier alpha value is -4.11. The number of cyclic esters (lactones) is 1. The minimum absolute atomic E-state index is 0.0564. The number of ether oxygens (including phenoxy) is 5. The highest BCUT2D eigenvalue weighted by Gasteiger charge is 2.59. The number of aliphatic hydroxyl groups is 1. The van der Waals surface area contributed by atoms with Crippen LogP contribution in [0, 0.1) is 29.7 Å². The minimum atomic E-state index is -1.35. The molecule has 13 atom stereocenters. The number of likely N-dealkylation sites (N-methyl/N-ethyl adjacent to an activating group) is 1. The van der Waals surface area contributed by atoms with E-state index < -0.39 is 77.6 Å². The number of hydrogen-bond acceptors (Lipinski definition) is 14. The summed E-state index contributed by atoms with van der Waals surface area (Å²) in [5, 5.41) is 23.5. The molecule has 3 aliphatic heterocycles. The summed E-state index contributed by atoms with van der Waals surface area (Å²) in [6, 6.07) is 8.95. The number of anilines is 1. The van der Waals surface area contributed by atoms with E-state index >= 15 is 0 Å². The average molecular weight is 810 g/mol. The second-order valence-corrected chi connectivity index (χ2v) is 17.0. The number of esters is 1. The van der Waals surface area contributed by atoms with Gasteiger partial charge in [0.1, 0.15) is 36.4 Å². The number of carbonyl (C=O) groups excluding carboxylic acids is 3. The van der Waals surface area contributed by atoms with E-state index in [-0.39, 0.29) is 31.0 Å². The maximum Gasteiger partial charge on any atom is 0.422 e. The number of nitrogen functional groups attached to an aromatic ring is 1. The lowest BCUT2D eigenvalue weighted by atomic mass is 9.78. The molecular weight excluding hydrogens is 747 g/mol. The summed E-state index contributed by atoms with van der Waals surface area (Å²) in [6.45, 7) is 15.2.